The fraction of sp³-hybridized carbons (Fsp3) is 0.808. The Hall–Kier alpha value is -2.55. The molecule has 484 valence electrons. The van der Waals surface area contributed by atoms with Gasteiger partial charge in [0.2, 0.25) is 0 Å². The quantitative estimate of drug-likeness (QED) is 0.0264. The highest BCUT2D eigenvalue weighted by atomic mass is 31.2. The van der Waals surface area contributed by atoms with Crippen LogP contribution >= 0.6 is 7.82 Å². The Morgan fingerprint density at radius 1 is 0.373 bits per heavy atom. The zero-order chi connectivity index (χ0) is 60.1. The predicted octanol–water partition coefficient (Wildman–Crippen LogP) is 23.2. The third-order valence-corrected chi connectivity index (χ3v) is 16.6. The van der Waals surface area contributed by atoms with Crippen LogP contribution < -0.4 is 5.73 Å². The molecule has 0 aromatic carbocycles. The SMILES string of the molecule is CC/C=C\C/C=C\C/C=C\C/C=C\C/C=C\C/C=C\CCCCCCCCCCCCC(=O)OC(COC(=O)CCCCCCCCCCCCCCCCCCCCCCCCCCCCCCCCCCC)COP(=O)(O)OCCN. The number of hydrogen-bond acceptors (Lipinski definition) is 8. The van der Waals surface area contributed by atoms with E-state index in [-0.39, 0.29) is 38.6 Å². The average Bonchev–Trinajstić information content (AvgIpc) is 3.49. The van der Waals surface area contributed by atoms with E-state index >= 15 is 0 Å². The summed E-state index contributed by atoms with van der Waals surface area (Å²) in [6.45, 7) is 3.68. The molecule has 0 aromatic rings. The molecular weight excluding hydrogens is 1050 g/mol. The minimum absolute atomic E-state index is 0.0516. The number of esters is 2. The maximum Gasteiger partial charge on any atom is 0.472 e. The molecule has 0 amide bonds. The third-order valence-electron chi connectivity index (χ3n) is 15.6. The molecule has 0 aliphatic rings. The van der Waals surface area contributed by atoms with Gasteiger partial charge in [-0.1, -0.05) is 344 Å². The number of unbranched alkanes of at least 4 members (excludes halogenated alkanes) is 42. The minimum atomic E-state index is -4.40. The van der Waals surface area contributed by atoms with Gasteiger partial charge in [0.05, 0.1) is 13.2 Å². The van der Waals surface area contributed by atoms with E-state index in [0.29, 0.717) is 6.42 Å². The highest BCUT2D eigenvalue weighted by molar-refractivity contribution is 7.47. The second-order valence-electron chi connectivity index (χ2n) is 23.7. The molecule has 0 aliphatic carbocycles. The molecule has 2 atom stereocenters. The van der Waals surface area contributed by atoms with Crippen molar-refractivity contribution in [3.63, 3.8) is 0 Å². The van der Waals surface area contributed by atoms with Crippen LogP contribution in [0, 0.1) is 0 Å². The fourth-order valence-electron chi connectivity index (χ4n) is 10.4. The lowest BCUT2D eigenvalue weighted by Gasteiger charge is -2.19. The molecule has 3 N–H and O–H groups in total. The number of allylic oxidation sites excluding steroid dienone is 12. The monoisotopic (exact) mass is 1180 g/mol. The van der Waals surface area contributed by atoms with E-state index in [4.69, 9.17) is 24.3 Å². The number of rotatable bonds is 67. The number of carbonyl (C=O) groups is 2. The maximum absolute atomic E-state index is 12.8. The van der Waals surface area contributed by atoms with Crippen LogP contribution in [0.25, 0.3) is 0 Å². The predicted molar refractivity (Wildman–Crippen MR) is 358 cm³/mol. The van der Waals surface area contributed by atoms with Crippen molar-refractivity contribution in [3.05, 3.63) is 72.9 Å². The molecule has 0 aliphatic heterocycles. The summed E-state index contributed by atoms with van der Waals surface area (Å²) in [6, 6.07) is 0. The summed E-state index contributed by atoms with van der Waals surface area (Å²) < 4.78 is 33.2. The van der Waals surface area contributed by atoms with Crippen molar-refractivity contribution in [1.29, 1.82) is 0 Å². The number of phosphoric acid groups is 1. The first kappa shape index (κ1) is 80.5. The van der Waals surface area contributed by atoms with Gasteiger partial charge in [0.1, 0.15) is 6.61 Å². The van der Waals surface area contributed by atoms with Crippen LogP contribution in [0.3, 0.4) is 0 Å². The second-order valence-corrected chi connectivity index (χ2v) is 25.2. The summed E-state index contributed by atoms with van der Waals surface area (Å²) in [6.07, 6.45) is 90.1. The van der Waals surface area contributed by atoms with Crippen LogP contribution in [0.2, 0.25) is 0 Å². The first-order valence-electron chi connectivity index (χ1n) is 35.4. The largest absolute Gasteiger partial charge is 0.472 e. The van der Waals surface area contributed by atoms with E-state index in [1.54, 1.807) is 0 Å². The van der Waals surface area contributed by atoms with Gasteiger partial charge >= 0.3 is 19.8 Å². The lowest BCUT2D eigenvalue weighted by atomic mass is 10.0. The van der Waals surface area contributed by atoms with Gasteiger partial charge in [0, 0.05) is 19.4 Å². The maximum atomic E-state index is 12.8. The molecule has 0 heterocycles. The number of phosphoric ester groups is 1. The van der Waals surface area contributed by atoms with Crippen molar-refractivity contribution in [3.8, 4) is 0 Å². The van der Waals surface area contributed by atoms with Crippen molar-refractivity contribution in [1.82, 2.24) is 0 Å². The summed E-state index contributed by atoms with van der Waals surface area (Å²) in [5, 5.41) is 0. The van der Waals surface area contributed by atoms with E-state index in [1.807, 2.05) is 0 Å². The molecule has 0 rings (SSSR count). The van der Waals surface area contributed by atoms with Crippen LogP contribution in [0.5, 0.6) is 0 Å². The number of carbonyl (C=O) groups excluding carboxylic acids is 2. The molecule has 2 unspecified atom stereocenters. The first-order chi connectivity index (χ1) is 40.8. The van der Waals surface area contributed by atoms with Gasteiger partial charge in [-0.25, -0.2) is 4.57 Å². The molecule has 10 heteroatoms. The highest BCUT2D eigenvalue weighted by Gasteiger charge is 2.26. The van der Waals surface area contributed by atoms with Gasteiger partial charge in [0.15, 0.2) is 6.10 Å². The topological polar surface area (TPSA) is 134 Å². The van der Waals surface area contributed by atoms with Gasteiger partial charge in [-0.05, 0) is 64.2 Å². The van der Waals surface area contributed by atoms with E-state index in [1.165, 1.54) is 231 Å². The number of hydrogen-bond donors (Lipinski definition) is 2. The number of ether oxygens (including phenoxy) is 2. The molecule has 0 radical (unpaired) electrons. The van der Waals surface area contributed by atoms with Gasteiger partial charge in [-0.2, -0.15) is 0 Å². The van der Waals surface area contributed by atoms with Crippen molar-refractivity contribution in [2.75, 3.05) is 26.4 Å². The molecule has 0 aromatic heterocycles. The van der Waals surface area contributed by atoms with Crippen LogP contribution in [-0.2, 0) is 32.7 Å². The van der Waals surface area contributed by atoms with E-state index in [0.717, 1.165) is 83.5 Å². The van der Waals surface area contributed by atoms with Gasteiger partial charge < -0.3 is 20.1 Å². The summed E-state index contributed by atoms with van der Waals surface area (Å²) in [5.74, 6) is -0.819. The van der Waals surface area contributed by atoms with Gasteiger partial charge in [-0.3, -0.25) is 18.6 Å². The average molecular weight is 1180 g/mol. The highest BCUT2D eigenvalue weighted by Crippen LogP contribution is 2.43. The lowest BCUT2D eigenvalue weighted by Crippen LogP contribution is -2.29. The molecule has 0 fully saturated rings. The van der Waals surface area contributed by atoms with E-state index < -0.39 is 26.5 Å². The van der Waals surface area contributed by atoms with Crippen LogP contribution in [-0.4, -0.2) is 49.3 Å². The third kappa shape index (κ3) is 68.4. The van der Waals surface area contributed by atoms with Crippen LogP contribution in [0.15, 0.2) is 72.9 Å². The molecule has 9 nitrogen and oxygen atoms in total. The van der Waals surface area contributed by atoms with Gasteiger partial charge in [0.25, 0.3) is 0 Å². The molecule has 83 heavy (non-hydrogen) atoms. The Morgan fingerprint density at radius 2 is 0.663 bits per heavy atom. The molecule has 0 spiro atoms. The minimum Gasteiger partial charge on any atom is -0.462 e. The Labute approximate surface area is 513 Å². The van der Waals surface area contributed by atoms with Crippen molar-refractivity contribution in [2.45, 2.75) is 354 Å². The Balaban J connectivity index is 3.85. The zero-order valence-corrected chi connectivity index (χ0v) is 55.3. The molecular formula is C73H134NO8P. The summed E-state index contributed by atoms with van der Waals surface area (Å²) in [7, 11) is -4.40. The fourth-order valence-corrected chi connectivity index (χ4v) is 11.2. The summed E-state index contributed by atoms with van der Waals surface area (Å²) in [4.78, 5) is 35.4. The zero-order valence-electron chi connectivity index (χ0n) is 54.4. The Kier molecular flexibility index (Phi) is 66.5. The number of nitrogens with two attached hydrogens (primary N) is 1. The Bertz CT molecular complexity index is 1590. The lowest BCUT2D eigenvalue weighted by molar-refractivity contribution is -0.161. The summed E-state index contributed by atoms with van der Waals surface area (Å²) >= 11 is 0. The second kappa shape index (κ2) is 68.6. The van der Waals surface area contributed by atoms with Crippen molar-refractivity contribution >= 4 is 19.8 Å². The normalized spacial score (nSPS) is 13.3. The first-order valence-corrected chi connectivity index (χ1v) is 36.9. The summed E-state index contributed by atoms with van der Waals surface area (Å²) in [5.41, 5.74) is 5.40. The smallest absolute Gasteiger partial charge is 0.462 e. The van der Waals surface area contributed by atoms with Crippen LogP contribution in [0.1, 0.15) is 348 Å². The molecule has 0 saturated heterocycles. The molecule has 0 saturated carbocycles. The van der Waals surface area contributed by atoms with Crippen molar-refractivity contribution in [2.24, 2.45) is 5.73 Å². The van der Waals surface area contributed by atoms with Crippen LogP contribution in [0.4, 0.5) is 0 Å². The molecule has 0 bridgehead atoms. The van der Waals surface area contributed by atoms with E-state index in [2.05, 4.69) is 86.8 Å². The van der Waals surface area contributed by atoms with Gasteiger partial charge in [-0.15, -0.1) is 0 Å². The Morgan fingerprint density at radius 3 is 0.988 bits per heavy atom. The van der Waals surface area contributed by atoms with Crippen molar-refractivity contribution < 1.29 is 37.6 Å². The van der Waals surface area contributed by atoms with E-state index in [9.17, 15) is 19.0 Å². The standard InChI is InChI=1S/C73H134NO8P/c1-3-5-7-9-11-13-15-17-19-21-23-25-27-29-31-33-34-35-36-38-39-41-43-45-47-49-51-53-55-57-59-61-63-65-72(75)79-69-71(70-81-83(77,78)80-68-67-74)82-73(76)66-64-62-60-58-56-54-52-50-48-46-44-42-40-37-32-30-28-26-24-22-20-18-16-14-12-10-8-6-4-2/h6,8,12,14,18,20,24,26,30,32,40,42,71H,3-5,7,9-11,13,15-17,19,21-23,25,27-29,31,33-39,41,43-70,74H2,1-2H3,(H,77,78)/b8-6-,14-12-,20-18-,26-24-,32-30-,42-40-.